The molecule has 0 saturated carbocycles. The fraction of sp³-hybridized carbons (Fsp3) is 0.286. The maximum Gasteiger partial charge on any atom is 0.195 e. The van der Waals surface area contributed by atoms with Gasteiger partial charge in [-0.3, -0.25) is 4.99 Å². The third kappa shape index (κ3) is 5.75. The minimum absolute atomic E-state index is 0. The summed E-state index contributed by atoms with van der Waals surface area (Å²) >= 11 is 0. The third-order valence-corrected chi connectivity index (χ3v) is 4.37. The Morgan fingerprint density at radius 3 is 2.62 bits per heavy atom. The molecule has 8 heteroatoms. The quantitative estimate of drug-likeness (QED) is 0.247. The summed E-state index contributed by atoms with van der Waals surface area (Å²) in [7, 11) is 3.21. The number of H-pyrrole nitrogens is 1. The predicted molar refractivity (Wildman–Crippen MR) is 127 cm³/mol. The number of hydrogen-bond donors (Lipinski definition) is 3. The number of ether oxygens (including phenoxy) is 2. The van der Waals surface area contributed by atoms with E-state index in [2.05, 4.69) is 20.6 Å². The van der Waals surface area contributed by atoms with E-state index in [1.54, 1.807) is 26.4 Å². The summed E-state index contributed by atoms with van der Waals surface area (Å²) in [5.41, 5.74) is 2.81. The van der Waals surface area contributed by atoms with E-state index < -0.39 is 0 Å². The summed E-state index contributed by atoms with van der Waals surface area (Å²) < 4.78 is 24.1. The fourth-order valence-corrected chi connectivity index (χ4v) is 3.00. The summed E-state index contributed by atoms with van der Waals surface area (Å²) in [4.78, 5) is 7.80. The smallest absolute Gasteiger partial charge is 0.195 e. The van der Waals surface area contributed by atoms with Gasteiger partial charge in [0.25, 0.3) is 0 Å². The SMILES string of the molecule is CCNC(=NCCc1c[nH]c2ccc(F)cc12)Nc1ccc(OC)c(OC)c1.I. The Labute approximate surface area is 186 Å². The minimum atomic E-state index is -0.236. The molecular formula is C21H26FIN4O2. The number of methoxy groups -OCH3 is 2. The first-order valence-electron chi connectivity index (χ1n) is 9.17. The highest BCUT2D eigenvalue weighted by molar-refractivity contribution is 14.0. The molecule has 1 heterocycles. The highest BCUT2D eigenvalue weighted by Gasteiger charge is 2.07. The summed E-state index contributed by atoms with van der Waals surface area (Å²) in [5, 5.41) is 7.39. The molecule has 1 aromatic heterocycles. The molecule has 29 heavy (non-hydrogen) atoms. The van der Waals surface area contributed by atoms with E-state index in [0.717, 1.165) is 28.7 Å². The lowest BCUT2D eigenvalue weighted by molar-refractivity contribution is 0.355. The van der Waals surface area contributed by atoms with Crippen LogP contribution in [0.15, 0.2) is 47.6 Å². The number of nitrogens with zero attached hydrogens (tertiary/aromatic N) is 1. The second-order valence-electron chi connectivity index (χ2n) is 6.21. The molecule has 6 nitrogen and oxygen atoms in total. The average Bonchev–Trinajstić information content (AvgIpc) is 3.10. The first-order valence-corrected chi connectivity index (χ1v) is 9.17. The third-order valence-electron chi connectivity index (χ3n) is 4.37. The van der Waals surface area contributed by atoms with E-state index in [0.29, 0.717) is 30.4 Å². The lowest BCUT2D eigenvalue weighted by Crippen LogP contribution is -2.30. The molecule has 0 aliphatic heterocycles. The van der Waals surface area contributed by atoms with Crippen molar-refractivity contribution in [3.8, 4) is 11.5 Å². The molecule has 0 spiro atoms. The topological polar surface area (TPSA) is 70.7 Å². The van der Waals surface area contributed by atoms with Crippen molar-refractivity contribution < 1.29 is 13.9 Å². The van der Waals surface area contributed by atoms with Crippen molar-refractivity contribution in [2.24, 2.45) is 4.99 Å². The van der Waals surface area contributed by atoms with Gasteiger partial charge in [0, 0.05) is 41.9 Å². The normalized spacial score (nSPS) is 11.1. The molecule has 0 unspecified atom stereocenters. The fourth-order valence-electron chi connectivity index (χ4n) is 3.00. The lowest BCUT2D eigenvalue weighted by atomic mass is 10.1. The van der Waals surface area contributed by atoms with Crippen molar-refractivity contribution in [1.82, 2.24) is 10.3 Å². The number of nitrogens with one attached hydrogen (secondary N) is 3. The Bertz CT molecular complexity index is 974. The van der Waals surface area contributed by atoms with E-state index in [4.69, 9.17) is 9.47 Å². The van der Waals surface area contributed by atoms with Gasteiger partial charge in [-0.15, -0.1) is 24.0 Å². The largest absolute Gasteiger partial charge is 0.493 e. The van der Waals surface area contributed by atoms with Gasteiger partial charge in [0.2, 0.25) is 0 Å². The van der Waals surface area contributed by atoms with Crippen LogP contribution in [0.1, 0.15) is 12.5 Å². The van der Waals surface area contributed by atoms with Crippen molar-refractivity contribution in [1.29, 1.82) is 0 Å². The molecular weight excluding hydrogens is 486 g/mol. The molecule has 156 valence electrons. The number of rotatable bonds is 7. The molecule has 2 aromatic carbocycles. The van der Waals surface area contributed by atoms with Crippen LogP contribution < -0.4 is 20.1 Å². The Kier molecular flexibility index (Phi) is 8.56. The van der Waals surface area contributed by atoms with Crippen LogP contribution in [0.3, 0.4) is 0 Å². The molecule has 0 aliphatic rings. The zero-order valence-corrected chi connectivity index (χ0v) is 19.0. The second kappa shape index (κ2) is 10.9. The number of aliphatic imine (C=N–C) groups is 1. The number of benzene rings is 2. The van der Waals surface area contributed by atoms with Gasteiger partial charge >= 0.3 is 0 Å². The molecule has 0 bridgehead atoms. The molecule has 3 rings (SSSR count). The lowest BCUT2D eigenvalue weighted by Gasteiger charge is -2.13. The second-order valence-corrected chi connectivity index (χ2v) is 6.21. The van der Waals surface area contributed by atoms with E-state index in [1.165, 1.54) is 6.07 Å². The molecule has 3 aromatic rings. The first-order chi connectivity index (χ1) is 13.6. The summed E-state index contributed by atoms with van der Waals surface area (Å²) in [6, 6.07) is 10.4. The molecule has 0 saturated heterocycles. The number of anilines is 1. The van der Waals surface area contributed by atoms with Crippen LogP contribution in [0, 0.1) is 5.82 Å². The van der Waals surface area contributed by atoms with Crippen LogP contribution in [0.2, 0.25) is 0 Å². The Balaban J connectivity index is 0.00000300. The van der Waals surface area contributed by atoms with Gasteiger partial charge in [-0.2, -0.15) is 0 Å². The van der Waals surface area contributed by atoms with E-state index >= 15 is 0 Å². The molecule has 0 aliphatic carbocycles. The number of halogens is 2. The zero-order valence-electron chi connectivity index (χ0n) is 16.7. The van der Waals surface area contributed by atoms with Crippen LogP contribution in [0.4, 0.5) is 10.1 Å². The molecule has 0 radical (unpaired) electrons. The van der Waals surface area contributed by atoms with Crippen molar-refractivity contribution in [2.45, 2.75) is 13.3 Å². The van der Waals surface area contributed by atoms with Crippen LogP contribution in [0.5, 0.6) is 11.5 Å². The monoisotopic (exact) mass is 512 g/mol. The highest BCUT2D eigenvalue weighted by Crippen LogP contribution is 2.29. The maximum absolute atomic E-state index is 13.5. The highest BCUT2D eigenvalue weighted by atomic mass is 127. The minimum Gasteiger partial charge on any atom is -0.493 e. The number of guanidine groups is 1. The number of aromatic nitrogens is 1. The number of aromatic amines is 1. The molecule has 0 fully saturated rings. The van der Waals surface area contributed by atoms with Gasteiger partial charge in [-0.05, 0) is 49.2 Å². The van der Waals surface area contributed by atoms with Crippen molar-refractivity contribution in [3.63, 3.8) is 0 Å². The van der Waals surface area contributed by atoms with E-state index in [-0.39, 0.29) is 29.8 Å². The Morgan fingerprint density at radius 1 is 1.10 bits per heavy atom. The zero-order chi connectivity index (χ0) is 19.9. The van der Waals surface area contributed by atoms with Crippen LogP contribution in [-0.4, -0.2) is 38.3 Å². The maximum atomic E-state index is 13.5. The average molecular weight is 512 g/mol. The van der Waals surface area contributed by atoms with Crippen LogP contribution in [-0.2, 0) is 6.42 Å². The summed E-state index contributed by atoms with van der Waals surface area (Å²) in [5.74, 6) is 1.74. The van der Waals surface area contributed by atoms with Gasteiger partial charge in [0.1, 0.15) is 5.82 Å². The van der Waals surface area contributed by atoms with Crippen LogP contribution in [0.25, 0.3) is 10.9 Å². The van der Waals surface area contributed by atoms with E-state index in [9.17, 15) is 4.39 Å². The van der Waals surface area contributed by atoms with Crippen molar-refractivity contribution in [3.05, 3.63) is 54.0 Å². The Hall–Kier alpha value is -2.49. The van der Waals surface area contributed by atoms with Crippen LogP contribution >= 0.6 is 24.0 Å². The molecule has 3 N–H and O–H groups in total. The standard InChI is InChI=1S/C21H25FN4O2.HI/c1-4-23-21(26-16-6-8-19(27-2)20(12-16)28-3)24-10-9-14-13-25-18-7-5-15(22)11-17(14)18;/h5-8,11-13,25H,4,9-10H2,1-3H3,(H2,23,24,26);1H. The van der Waals surface area contributed by atoms with E-state index in [1.807, 2.05) is 31.3 Å². The van der Waals surface area contributed by atoms with Gasteiger partial charge in [0.05, 0.1) is 14.2 Å². The first kappa shape index (κ1) is 22.8. The van der Waals surface area contributed by atoms with Crippen molar-refractivity contribution in [2.75, 3.05) is 32.6 Å². The molecule has 0 amide bonds. The summed E-state index contributed by atoms with van der Waals surface area (Å²) in [6.45, 7) is 3.30. The Morgan fingerprint density at radius 2 is 1.90 bits per heavy atom. The van der Waals surface area contributed by atoms with Gasteiger partial charge < -0.3 is 25.1 Å². The number of hydrogen-bond acceptors (Lipinski definition) is 3. The predicted octanol–water partition coefficient (Wildman–Crippen LogP) is 4.56. The summed E-state index contributed by atoms with van der Waals surface area (Å²) in [6.07, 6.45) is 2.61. The van der Waals surface area contributed by atoms with Gasteiger partial charge in [-0.25, -0.2) is 4.39 Å². The van der Waals surface area contributed by atoms with Gasteiger partial charge in [-0.1, -0.05) is 0 Å². The van der Waals surface area contributed by atoms with Gasteiger partial charge in [0.15, 0.2) is 17.5 Å². The molecule has 0 atom stereocenters. The number of fused-ring (bicyclic) bond motifs is 1. The van der Waals surface area contributed by atoms with Crippen molar-refractivity contribution >= 4 is 46.5 Å².